The molecule has 0 aliphatic carbocycles. The van der Waals surface area contributed by atoms with Crippen LogP contribution in [0.4, 0.5) is 0 Å². The molecule has 0 spiro atoms. The van der Waals surface area contributed by atoms with Gasteiger partial charge in [-0.25, -0.2) is 4.98 Å². The molecule has 2 rings (SSSR count). The van der Waals surface area contributed by atoms with Crippen molar-refractivity contribution in [1.82, 2.24) is 9.97 Å². The summed E-state index contributed by atoms with van der Waals surface area (Å²) < 4.78 is 0.766. The van der Waals surface area contributed by atoms with Crippen molar-refractivity contribution in [2.45, 2.75) is 0 Å². The molecule has 1 N–H and O–H groups in total. The molecule has 0 aliphatic heterocycles. The number of halogens is 1. The smallest absolute Gasteiger partial charge is 0.248 e. The highest BCUT2D eigenvalue weighted by Crippen LogP contribution is 2.11. The van der Waals surface area contributed by atoms with Crippen molar-refractivity contribution >= 4 is 27.0 Å². The molecule has 2 heterocycles. The van der Waals surface area contributed by atoms with Crippen molar-refractivity contribution in [3.05, 3.63) is 39.2 Å². The number of rotatable bonds is 0. The maximum absolute atomic E-state index is 10.9. The summed E-state index contributed by atoms with van der Waals surface area (Å²) in [7, 11) is 0. The molecule has 0 saturated carbocycles. The molecule has 0 radical (unpaired) electrons. The van der Waals surface area contributed by atoms with Gasteiger partial charge in [0.15, 0.2) is 0 Å². The Labute approximate surface area is 76.6 Å². The van der Waals surface area contributed by atoms with Gasteiger partial charge in [0.2, 0.25) is 5.56 Å². The van der Waals surface area contributed by atoms with Crippen LogP contribution < -0.4 is 5.56 Å². The van der Waals surface area contributed by atoms with Crippen LogP contribution in [0.25, 0.3) is 11.0 Å². The largest absolute Gasteiger partial charge is 0.321 e. The summed E-state index contributed by atoms with van der Waals surface area (Å²) in [5, 5.41) is 0. The lowest BCUT2D eigenvalue weighted by molar-refractivity contribution is 1.26. The van der Waals surface area contributed by atoms with E-state index < -0.39 is 0 Å². The molecule has 2 aromatic rings. The third-order valence-electron chi connectivity index (χ3n) is 1.54. The Morgan fingerprint density at radius 3 is 2.92 bits per heavy atom. The van der Waals surface area contributed by atoms with Crippen LogP contribution in [-0.2, 0) is 0 Å². The van der Waals surface area contributed by atoms with Gasteiger partial charge >= 0.3 is 0 Å². The Kier molecular flexibility index (Phi) is 1.69. The highest BCUT2D eigenvalue weighted by molar-refractivity contribution is 9.10. The number of hydrogen-bond donors (Lipinski definition) is 1. The van der Waals surface area contributed by atoms with E-state index in [1.54, 1.807) is 12.1 Å². The second-order valence-electron chi connectivity index (χ2n) is 2.39. The zero-order valence-corrected chi connectivity index (χ0v) is 7.63. The highest BCUT2D eigenvalue weighted by Gasteiger charge is 1.95. The van der Waals surface area contributed by atoms with Crippen LogP contribution in [0.15, 0.2) is 33.7 Å². The highest BCUT2D eigenvalue weighted by atomic mass is 79.9. The van der Waals surface area contributed by atoms with Gasteiger partial charge in [-0.05, 0) is 34.1 Å². The predicted octanol–water partition coefficient (Wildman–Crippen LogP) is 1.69. The van der Waals surface area contributed by atoms with Gasteiger partial charge in [-0.1, -0.05) is 0 Å². The zero-order chi connectivity index (χ0) is 8.55. The van der Waals surface area contributed by atoms with Gasteiger partial charge in [0.1, 0.15) is 4.60 Å². The predicted molar refractivity (Wildman–Crippen MR) is 50.1 cm³/mol. The summed E-state index contributed by atoms with van der Waals surface area (Å²) in [5.74, 6) is 0. The van der Waals surface area contributed by atoms with Crippen LogP contribution in [0.1, 0.15) is 0 Å². The van der Waals surface area contributed by atoms with Crippen molar-refractivity contribution in [3.8, 4) is 0 Å². The summed E-state index contributed by atoms with van der Waals surface area (Å²) in [6, 6.07) is 6.76. The average Bonchev–Trinajstić information content (AvgIpc) is 2.05. The summed E-state index contributed by atoms with van der Waals surface area (Å²) in [6.07, 6.45) is 0. The van der Waals surface area contributed by atoms with Crippen molar-refractivity contribution in [2.24, 2.45) is 0 Å². The molecular weight excluding hydrogens is 220 g/mol. The second-order valence-corrected chi connectivity index (χ2v) is 3.20. The van der Waals surface area contributed by atoms with Crippen molar-refractivity contribution in [3.63, 3.8) is 0 Å². The molecular formula is C8H5BrN2O. The standard InChI is InChI=1S/C8H5BrN2O/c9-7-3-1-6-5(10-7)2-4-8(12)11-6/h1-4H,(H,11,12). The first-order valence-corrected chi connectivity index (χ1v) is 4.20. The van der Waals surface area contributed by atoms with Crippen LogP contribution in [0.5, 0.6) is 0 Å². The number of aromatic nitrogens is 2. The number of pyridine rings is 2. The van der Waals surface area contributed by atoms with Crippen LogP contribution in [-0.4, -0.2) is 9.97 Å². The van der Waals surface area contributed by atoms with Gasteiger partial charge in [-0.3, -0.25) is 4.79 Å². The molecule has 0 aliphatic rings. The Morgan fingerprint density at radius 2 is 2.08 bits per heavy atom. The minimum atomic E-state index is -0.105. The fraction of sp³-hybridized carbons (Fsp3) is 0. The number of aromatic amines is 1. The van der Waals surface area contributed by atoms with Crippen molar-refractivity contribution in [2.75, 3.05) is 0 Å². The number of nitrogens with zero attached hydrogens (tertiary/aromatic N) is 1. The molecule has 2 aromatic heterocycles. The molecule has 0 fully saturated rings. The molecule has 12 heavy (non-hydrogen) atoms. The first-order chi connectivity index (χ1) is 5.75. The van der Waals surface area contributed by atoms with E-state index in [1.165, 1.54) is 6.07 Å². The van der Waals surface area contributed by atoms with E-state index in [2.05, 4.69) is 25.9 Å². The normalized spacial score (nSPS) is 10.4. The van der Waals surface area contributed by atoms with E-state index in [0.717, 1.165) is 15.6 Å². The number of fused-ring (bicyclic) bond motifs is 1. The monoisotopic (exact) mass is 224 g/mol. The lowest BCUT2D eigenvalue weighted by atomic mass is 10.3. The van der Waals surface area contributed by atoms with Crippen LogP contribution in [0.3, 0.4) is 0 Å². The summed E-state index contributed by atoms with van der Waals surface area (Å²) in [5.41, 5.74) is 1.43. The quantitative estimate of drug-likeness (QED) is 0.693. The number of nitrogens with one attached hydrogen (secondary N) is 1. The molecule has 0 bridgehead atoms. The summed E-state index contributed by atoms with van der Waals surface area (Å²) in [6.45, 7) is 0. The molecule has 0 aromatic carbocycles. The Balaban J connectivity index is 2.87. The third kappa shape index (κ3) is 1.25. The average molecular weight is 225 g/mol. The fourth-order valence-electron chi connectivity index (χ4n) is 1.01. The number of H-pyrrole nitrogens is 1. The molecule has 0 saturated heterocycles. The molecule has 0 amide bonds. The first-order valence-electron chi connectivity index (χ1n) is 3.41. The van der Waals surface area contributed by atoms with Gasteiger partial charge in [0.25, 0.3) is 0 Å². The van der Waals surface area contributed by atoms with Crippen molar-refractivity contribution < 1.29 is 0 Å². The van der Waals surface area contributed by atoms with Gasteiger partial charge in [0.05, 0.1) is 11.0 Å². The SMILES string of the molecule is O=c1ccc2nc(Br)ccc2[nH]1. The van der Waals surface area contributed by atoms with Gasteiger partial charge < -0.3 is 4.98 Å². The zero-order valence-electron chi connectivity index (χ0n) is 6.04. The molecule has 4 heteroatoms. The lowest BCUT2D eigenvalue weighted by Gasteiger charge is -1.95. The van der Waals surface area contributed by atoms with E-state index in [4.69, 9.17) is 0 Å². The lowest BCUT2D eigenvalue weighted by Crippen LogP contribution is -2.02. The number of hydrogen-bond acceptors (Lipinski definition) is 2. The fourth-order valence-corrected chi connectivity index (χ4v) is 1.34. The van der Waals surface area contributed by atoms with Gasteiger partial charge in [0, 0.05) is 6.07 Å². The minimum absolute atomic E-state index is 0.105. The Bertz CT molecular complexity index is 478. The Hall–Kier alpha value is -1.16. The van der Waals surface area contributed by atoms with E-state index >= 15 is 0 Å². The first kappa shape index (κ1) is 7.49. The maximum Gasteiger partial charge on any atom is 0.248 e. The van der Waals surface area contributed by atoms with Gasteiger partial charge in [-0.2, -0.15) is 0 Å². The molecule has 0 unspecified atom stereocenters. The summed E-state index contributed by atoms with van der Waals surface area (Å²) >= 11 is 3.25. The van der Waals surface area contributed by atoms with E-state index in [9.17, 15) is 4.79 Å². The Morgan fingerprint density at radius 1 is 1.25 bits per heavy atom. The van der Waals surface area contributed by atoms with Gasteiger partial charge in [-0.15, -0.1) is 0 Å². The van der Waals surface area contributed by atoms with Crippen LogP contribution in [0.2, 0.25) is 0 Å². The maximum atomic E-state index is 10.9. The third-order valence-corrected chi connectivity index (χ3v) is 1.98. The molecule has 60 valence electrons. The minimum Gasteiger partial charge on any atom is -0.321 e. The van der Waals surface area contributed by atoms with E-state index in [0.29, 0.717) is 0 Å². The van der Waals surface area contributed by atoms with Crippen molar-refractivity contribution in [1.29, 1.82) is 0 Å². The van der Waals surface area contributed by atoms with Crippen LogP contribution >= 0.6 is 15.9 Å². The summed E-state index contributed by atoms with van der Waals surface area (Å²) in [4.78, 5) is 17.7. The van der Waals surface area contributed by atoms with E-state index in [1.807, 2.05) is 6.07 Å². The van der Waals surface area contributed by atoms with Crippen LogP contribution in [0, 0.1) is 0 Å². The molecule has 0 atom stereocenters. The second kappa shape index (κ2) is 2.71. The topological polar surface area (TPSA) is 45.8 Å². The van der Waals surface area contributed by atoms with E-state index in [-0.39, 0.29) is 5.56 Å². The molecule has 3 nitrogen and oxygen atoms in total.